The van der Waals surface area contributed by atoms with Crippen molar-refractivity contribution in [3.63, 3.8) is 0 Å². The lowest BCUT2D eigenvalue weighted by atomic mass is 10.1. The maximum Gasteiger partial charge on any atom is 0.0586 e. The van der Waals surface area contributed by atoms with E-state index in [0.717, 1.165) is 12.8 Å². The summed E-state index contributed by atoms with van der Waals surface area (Å²) in [6, 6.07) is 0.185. The second-order valence-electron chi connectivity index (χ2n) is 3.23. The van der Waals surface area contributed by atoms with Gasteiger partial charge in [0.1, 0.15) is 0 Å². The molecule has 0 aromatic heterocycles. The van der Waals surface area contributed by atoms with E-state index in [0.29, 0.717) is 0 Å². The first-order chi connectivity index (χ1) is 5.07. The molecule has 0 aliphatic carbocycles. The molecule has 0 aliphatic rings. The van der Waals surface area contributed by atoms with Crippen LogP contribution in [0.5, 0.6) is 0 Å². The van der Waals surface area contributed by atoms with Crippen molar-refractivity contribution < 1.29 is 10.2 Å². The molecule has 0 radical (unpaired) electrons. The van der Waals surface area contributed by atoms with Crippen LogP contribution in [0.2, 0.25) is 0 Å². The van der Waals surface area contributed by atoms with Crippen LogP contribution in [0.4, 0.5) is 0 Å². The van der Waals surface area contributed by atoms with E-state index in [-0.39, 0.29) is 18.8 Å². The highest BCUT2D eigenvalue weighted by Crippen LogP contribution is 2.04. The molecule has 2 N–H and O–H groups in total. The van der Waals surface area contributed by atoms with Crippen LogP contribution in [0.1, 0.15) is 19.8 Å². The van der Waals surface area contributed by atoms with Crippen LogP contribution in [-0.4, -0.2) is 48.0 Å². The van der Waals surface area contributed by atoms with Crippen molar-refractivity contribution in [1.82, 2.24) is 4.90 Å². The van der Waals surface area contributed by atoms with E-state index in [1.54, 1.807) is 6.92 Å². The number of hydrogen-bond donors (Lipinski definition) is 2. The molecular formula is C8H19NO2. The number of aliphatic hydroxyl groups is 2. The summed E-state index contributed by atoms with van der Waals surface area (Å²) in [5.41, 5.74) is 0. The maximum atomic E-state index is 8.98. The molecule has 0 aromatic carbocycles. The molecule has 0 rings (SSSR count). The topological polar surface area (TPSA) is 43.7 Å². The molecule has 11 heavy (non-hydrogen) atoms. The third-order valence-corrected chi connectivity index (χ3v) is 1.86. The predicted octanol–water partition coefficient (Wildman–Crippen LogP) is 0.0699. The summed E-state index contributed by atoms with van der Waals surface area (Å²) in [4.78, 5) is 1.97. The van der Waals surface area contributed by atoms with E-state index < -0.39 is 0 Å². The maximum absolute atomic E-state index is 8.98. The minimum absolute atomic E-state index is 0.166. The second-order valence-corrected chi connectivity index (χ2v) is 3.23. The first-order valence-electron chi connectivity index (χ1n) is 4.03. The SMILES string of the molecule is CC(O)CCC(CO)N(C)C. The lowest BCUT2D eigenvalue weighted by molar-refractivity contribution is 0.129. The Balaban J connectivity index is 3.52. The highest BCUT2D eigenvalue weighted by atomic mass is 16.3. The fourth-order valence-electron chi connectivity index (χ4n) is 0.946. The van der Waals surface area contributed by atoms with Gasteiger partial charge in [-0.2, -0.15) is 0 Å². The Morgan fingerprint density at radius 1 is 1.27 bits per heavy atom. The van der Waals surface area contributed by atoms with Crippen molar-refractivity contribution in [2.45, 2.75) is 31.9 Å². The van der Waals surface area contributed by atoms with E-state index in [9.17, 15) is 0 Å². The summed E-state index contributed by atoms with van der Waals surface area (Å²) >= 11 is 0. The van der Waals surface area contributed by atoms with Crippen LogP contribution in [0.15, 0.2) is 0 Å². The van der Waals surface area contributed by atoms with Crippen LogP contribution in [0.25, 0.3) is 0 Å². The molecule has 0 fully saturated rings. The van der Waals surface area contributed by atoms with Gasteiger partial charge in [-0.15, -0.1) is 0 Å². The Morgan fingerprint density at radius 2 is 1.82 bits per heavy atom. The fourth-order valence-corrected chi connectivity index (χ4v) is 0.946. The van der Waals surface area contributed by atoms with Crippen LogP contribution < -0.4 is 0 Å². The third-order valence-electron chi connectivity index (χ3n) is 1.86. The Labute approximate surface area is 68.6 Å². The number of aliphatic hydroxyl groups excluding tert-OH is 2. The minimum Gasteiger partial charge on any atom is -0.395 e. The molecule has 3 nitrogen and oxygen atoms in total. The normalized spacial score (nSPS) is 16.9. The molecule has 0 bridgehead atoms. The van der Waals surface area contributed by atoms with Gasteiger partial charge in [0.15, 0.2) is 0 Å². The summed E-state index contributed by atoms with van der Waals surface area (Å²) in [7, 11) is 3.87. The molecular weight excluding hydrogens is 142 g/mol. The predicted molar refractivity (Wildman–Crippen MR) is 45.5 cm³/mol. The zero-order valence-electron chi connectivity index (χ0n) is 7.62. The van der Waals surface area contributed by atoms with Gasteiger partial charge in [-0.3, -0.25) is 0 Å². The first-order valence-corrected chi connectivity index (χ1v) is 4.03. The van der Waals surface area contributed by atoms with Gasteiger partial charge in [0.2, 0.25) is 0 Å². The highest BCUT2D eigenvalue weighted by molar-refractivity contribution is 4.65. The van der Waals surface area contributed by atoms with E-state index in [1.165, 1.54) is 0 Å². The van der Waals surface area contributed by atoms with E-state index in [2.05, 4.69) is 0 Å². The van der Waals surface area contributed by atoms with Crippen molar-refractivity contribution >= 4 is 0 Å². The standard InChI is InChI=1S/C8H19NO2/c1-7(11)4-5-8(6-10)9(2)3/h7-8,10-11H,4-6H2,1-3H3. The Bertz CT molecular complexity index is 94.1. The molecule has 0 aromatic rings. The molecule has 0 aliphatic heterocycles. The van der Waals surface area contributed by atoms with Crippen molar-refractivity contribution in [3.05, 3.63) is 0 Å². The third kappa shape index (κ3) is 5.18. The average molecular weight is 161 g/mol. The van der Waals surface area contributed by atoms with Gasteiger partial charge in [0.25, 0.3) is 0 Å². The van der Waals surface area contributed by atoms with Gasteiger partial charge < -0.3 is 15.1 Å². The van der Waals surface area contributed by atoms with Crippen LogP contribution in [0, 0.1) is 0 Å². The van der Waals surface area contributed by atoms with Crippen LogP contribution >= 0.6 is 0 Å². The van der Waals surface area contributed by atoms with Gasteiger partial charge in [0, 0.05) is 6.04 Å². The smallest absolute Gasteiger partial charge is 0.0586 e. The molecule has 68 valence electrons. The van der Waals surface area contributed by atoms with Gasteiger partial charge in [-0.05, 0) is 33.9 Å². The summed E-state index contributed by atoms with van der Waals surface area (Å²) in [6.07, 6.45) is 1.34. The molecule has 0 saturated heterocycles. The largest absolute Gasteiger partial charge is 0.395 e. The average Bonchev–Trinajstić information content (AvgIpc) is 1.87. The lowest BCUT2D eigenvalue weighted by Gasteiger charge is -2.22. The van der Waals surface area contributed by atoms with Gasteiger partial charge in [0.05, 0.1) is 12.7 Å². The molecule has 0 heterocycles. The van der Waals surface area contributed by atoms with E-state index in [4.69, 9.17) is 10.2 Å². The number of hydrogen-bond acceptors (Lipinski definition) is 3. The van der Waals surface area contributed by atoms with E-state index in [1.807, 2.05) is 19.0 Å². The number of rotatable bonds is 5. The van der Waals surface area contributed by atoms with Crippen molar-refractivity contribution in [3.8, 4) is 0 Å². The molecule has 0 amide bonds. The Kier molecular flexibility index (Phi) is 5.46. The summed E-state index contributed by atoms with van der Waals surface area (Å²) < 4.78 is 0. The van der Waals surface area contributed by atoms with Gasteiger partial charge >= 0.3 is 0 Å². The van der Waals surface area contributed by atoms with Crippen molar-refractivity contribution in [2.75, 3.05) is 20.7 Å². The Hall–Kier alpha value is -0.120. The molecule has 2 atom stereocenters. The number of nitrogens with zero attached hydrogens (tertiary/aromatic N) is 1. The monoisotopic (exact) mass is 161 g/mol. The lowest BCUT2D eigenvalue weighted by Crippen LogP contribution is -2.31. The summed E-state index contributed by atoms with van der Waals surface area (Å²) in [6.45, 7) is 1.93. The Morgan fingerprint density at radius 3 is 2.09 bits per heavy atom. The highest BCUT2D eigenvalue weighted by Gasteiger charge is 2.10. The van der Waals surface area contributed by atoms with Gasteiger partial charge in [-0.25, -0.2) is 0 Å². The number of likely N-dealkylation sites (N-methyl/N-ethyl adjacent to an activating group) is 1. The first kappa shape index (κ1) is 10.9. The second kappa shape index (κ2) is 5.52. The quantitative estimate of drug-likeness (QED) is 0.599. The fraction of sp³-hybridized carbons (Fsp3) is 1.00. The van der Waals surface area contributed by atoms with Crippen LogP contribution in [0.3, 0.4) is 0 Å². The molecule has 2 unspecified atom stereocenters. The van der Waals surface area contributed by atoms with Crippen molar-refractivity contribution in [1.29, 1.82) is 0 Å². The van der Waals surface area contributed by atoms with Crippen LogP contribution in [-0.2, 0) is 0 Å². The minimum atomic E-state index is -0.260. The molecule has 3 heteroatoms. The summed E-state index contributed by atoms with van der Waals surface area (Å²) in [5, 5.41) is 17.9. The van der Waals surface area contributed by atoms with E-state index >= 15 is 0 Å². The van der Waals surface area contributed by atoms with Gasteiger partial charge in [-0.1, -0.05) is 0 Å². The van der Waals surface area contributed by atoms with Crippen molar-refractivity contribution in [2.24, 2.45) is 0 Å². The zero-order chi connectivity index (χ0) is 8.85. The molecule has 0 saturated carbocycles. The zero-order valence-corrected chi connectivity index (χ0v) is 7.62. The molecule has 0 spiro atoms. The summed E-state index contributed by atoms with van der Waals surface area (Å²) in [5.74, 6) is 0.